The molecule has 5 nitrogen and oxygen atoms in total. The zero-order chi connectivity index (χ0) is 30.9. The number of ether oxygens (including phenoxy) is 5. The average molecular weight is 602 g/mol. The molecule has 0 fully saturated rings. The average Bonchev–Trinajstić information content (AvgIpc) is 2.97. The van der Waals surface area contributed by atoms with Crippen LogP contribution in [0.3, 0.4) is 0 Å². The predicted octanol–water partition coefficient (Wildman–Crippen LogP) is 9.64. The van der Waals surface area contributed by atoms with E-state index in [1.165, 1.54) is 16.7 Å². The molecule has 0 radical (unpaired) electrons. The van der Waals surface area contributed by atoms with Gasteiger partial charge in [0.2, 0.25) is 0 Å². The number of aryl methyl sites for hydroxylation is 5. The fraction of sp³-hybridized carbons (Fsp3) is 0.294. The summed E-state index contributed by atoms with van der Waals surface area (Å²) in [5.74, 6) is 3.80. The summed E-state index contributed by atoms with van der Waals surface area (Å²) in [6.07, 6.45) is 0. The molecule has 0 saturated heterocycles. The highest BCUT2D eigenvalue weighted by Gasteiger charge is 2.06. The molecule has 7 heteroatoms. The van der Waals surface area contributed by atoms with Crippen molar-refractivity contribution in [2.24, 2.45) is 0 Å². The second kappa shape index (κ2) is 18.7. The van der Waals surface area contributed by atoms with E-state index in [0.717, 1.165) is 28.4 Å². The molecule has 0 bridgehead atoms. The van der Waals surface area contributed by atoms with Crippen molar-refractivity contribution in [1.82, 2.24) is 0 Å². The van der Waals surface area contributed by atoms with E-state index in [9.17, 15) is 0 Å². The van der Waals surface area contributed by atoms with E-state index in [2.05, 4.69) is 45.0 Å². The molecule has 4 rings (SSSR count). The molecule has 222 valence electrons. The molecular weight excluding hydrogens is 559 g/mol. The molecule has 0 heterocycles. The molecule has 4 aromatic rings. The third-order valence-electron chi connectivity index (χ3n) is 6.02. The molecule has 0 saturated carbocycles. The van der Waals surface area contributed by atoms with Gasteiger partial charge in [0.25, 0.3) is 0 Å². The van der Waals surface area contributed by atoms with Gasteiger partial charge in [0.05, 0.1) is 45.6 Å². The molecule has 0 aliphatic heterocycles. The van der Waals surface area contributed by atoms with E-state index < -0.39 is 0 Å². The quantitative estimate of drug-likeness (QED) is 0.228. The molecule has 4 aromatic carbocycles. The van der Waals surface area contributed by atoms with Gasteiger partial charge in [-0.05, 0) is 81.1 Å². The first-order chi connectivity index (χ1) is 19.5. The summed E-state index contributed by atoms with van der Waals surface area (Å²) in [5.41, 5.74) is 6.01. The van der Waals surface area contributed by atoms with Gasteiger partial charge in [-0.3, -0.25) is 0 Å². The van der Waals surface area contributed by atoms with Gasteiger partial charge in [-0.25, -0.2) is 0 Å². The lowest BCUT2D eigenvalue weighted by Crippen LogP contribution is -1.90. The Balaban J connectivity index is 0.000000277. The Labute approximate surface area is 255 Å². The first-order valence-corrected chi connectivity index (χ1v) is 13.7. The predicted molar refractivity (Wildman–Crippen MR) is 172 cm³/mol. The van der Waals surface area contributed by atoms with Crippen molar-refractivity contribution in [2.45, 2.75) is 34.6 Å². The number of methoxy groups -OCH3 is 5. The van der Waals surface area contributed by atoms with E-state index in [0.29, 0.717) is 21.5 Å². The van der Waals surface area contributed by atoms with Gasteiger partial charge < -0.3 is 23.7 Å². The molecule has 0 N–H and O–H groups in total. The normalized spacial score (nSPS) is 9.46. The van der Waals surface area contributed by atoms with Crippen LogP contribution in [0.4, 0.5) is 0 Å². The van der Waals surface area contributed by atoms with Crippen LogP contribution in [0, 0.1) is 34.6 Å². The van der Waals surface area contributed by atoms with Gasteiger partial charge in [-0.1, -0.05) is 65.2 Å². The standard InChI is InChI=1S/2C9H11ClO2.C8H10O.C8H10/c1-6-4-9(12-3)7(10)5-8(6)11-2;1-6-4-7(10)9(12-3)5-8(6)11-2;1-7-3-5-8(9-2)6-4-7;1-7-5-3-4-6-8(7)2/h2*4-5H,1-3H3;3-6H,1-2H3;3-6H,1-2H3. The van der Waals surface area contributed by atoms with Crippen LogP contribution in [0.2, 0.25) is 10.0 Å². The number of hydrogen-bond donors (Lipinski definition) is 0. The van der Waals surface area contributed by atoms with Gasteiger partial charge in [0, 0.05) is 12.1 Å². The van der Waals surface area contributed by atoms with Crippen molar-refractivity contribution >= 4 is 23.2 Å². The number of halogens is 2. The summed E-state index contributed by atoms with van der Waals surface area (Å²) in [7, 11) is 8.08. The minimum absolute atomic E-state index is 0.569. The number of rotatable bonds is 5. The summed E-state index contributed by atoms with van der Waals surface area (Å²) in [4.78, 5) is 0. The van der Waals surface area contributed by atoms with Crippen LogP contribution >= 0.6 is 23.2 Å². The largest absolute Gasteiger partial charge is 0.497 e. The van der Waals surface area contributed by atoms with Crippen LogP contribution in [-0.4, -0.2) is 35.5 Å². The Bertz CT molecular complexity index is 1260. The maximum Gasteiger partial charge on any atom is 0.141 e. The fourth-order valence-electron chi connectivity index (χ4n) is 3.36. The zero-order valence-electron chi connectivity index (χ0n) is 25.7. The third kappa shape index (κ3) is 12.2. The minimum Gasteiger partial charge on any atom is -0.497 e. The van der Waals surface area contributed by atoms with Crippen LogP contribution in [-0.2, 0) is 0 Å². The topological polar surface area (TPSA) is 46.2 Å². The Morgan fingerprint density at radius 1 is 0.415 bits per heavy atom. The zero-order valence-corrected chi connectivity index (χ0v) is 27.2. The van der Waals surface area contributed by atoms with Gasteiger partial charge in [0.15, 0.2) is 0 Å². The van der Waals surface area contributed by atoms with Crippen molar-refractivity contribution in [1.29, 1.82) is 0 Å². The first kappa shape index (κ1) is 35.5. The smallest absolute Gasteiger partial charge is 0.141 e. The monoisotopic (exact) mass is 600 g/mol. The summed E-state index contributed by atoms with van der Waals surface area (Å²) >= 11 is 11.8. The molecular formula is C34H42Cl2O5. The van der Waals surface area contributed by atoms with Crippen molar-refractivity contribution in [3.8, 4) is 28.7 Å². The Morgan fingerprint density at radius 2 is 0.829 bits per heavy atom. The highest BCUT2D eigenvalue weighted by molar-refractivity contribution is 6.32. The maximum absolute atomic E-state index is 5.88. The molecule has 0 spiro atoms. The van der Waals surface area contributed by atoms with Gasteiger partial charge >= 0.3 is 0 Å². The second-order valence-corrected chi connectivity index (χ2v) is 9.83. The van der Waals surface area contributed by atoms with E-state index in [4.69, 9.17) is 46.9 Å². The summed E-state index contributed by atoms with van der Waals surface area (Å²) < 4.78 is 25.2. The van der Waals surface area contributed by atoms with Crippen molar-refractivity contribution in [2.75, 3.05) is 35.5 Å². The van der Waals surface area contributed by atoms with Crippen LogP contribution in [0.5, 0.6) is 28.7 Å². The Kier molecular flexibility index (Phi) is 16.2. The van der Waals surface area contributed by atoms with Crippen molar-refractivity contribution in [3.63, 3.8) is 0 Å². The Morgan fingerprint density at radius 3 is 1.27 bits per heavy atom. The molecule has 0 aromatic heterocycles. The third-order valence-corrected chi connectivity index (χ3v) is 6.61. The number of benzene rings is 4. The highest BCUT2D eigenvalue weighted by atomic mass is 35.5. The number of hydrogen-bond acceptors (Lipinski definition) is 5. The summed E-state index contributed by atoms with van der Waals surface area (Å²) in [6.45, 7) is 10.2. The SMILES string of the molecule is COc1cc(Cl)c(OC)cc1C.COc1cc(OC)c(Cl)cc1C.COc1ccc(C)cc1.Cc1ccccc1C. The van der Waals surface area contributed by atoms with Crippen LogP contribution in [0.15, 0.2) is 72.8 Å². The molecule has 0 atom stereocenters. The van der Waals surface area contributed by atoms with E-state index in [1.807, 2.05) is 50.2 Å². The van der Waals surface area contributed by atoms with E-state index >= 15 is 0 Å². The first-order valence-electron chi connectivity index (χ1n) is 12.9. The fourth-order valence-corrected chi connectivity index (χ4v) is 3.89. The molecule has 0 aliphatic carbocycles. The van der Waals surface area contributed by atoms with Gasteiger partial charge in [0.1, 0.15) is 28.7 Å². The van der Waals surface area contributed by atoms with E-state index in [1.54, 1.807) is 47.7 Å². The highest BCUT2D eigenvalue weighted by Crippen LogP contribution is 2.32. The Hall–Kier alpha value is -3.54. The van der Waals surface area contributed by atoms with Crippen LogP contribution in [0.25, 0.3) is 0 Å². The lowest BCUT2D eigenvalue weighted by Gasteiger charge is -2.08. The lowest BCUT2D eigenvalue weighted by molar-refractivity contribution is 0.392. The maximum atomic E-state index is 5.88. The van der Waals surface area contributed by atoms with Crippen molar-refractivity contribution in [3.05, 3.63) is 111 Å². The van der Waals surface area contributed by atoms with Gasteiger partial charge in [-0.15, -0.1) is 0 Å². The van der Waals surface area contributed by atoms with Crippen LogP contribution < -0.4 is 23.7 Å². The lowest BCUT2D eigenvalue weighted by atomic mass is 10.1. The van der Waals surface area contributed by atoms with Crippen molar-refractivity contribution < 1.29 is 23.7 Å². The summed E-state index contributed by atoms with van der Waals surface area (Å²) in [5, 5.41) is 1.18. The molecule has 0 amide bonds. The molecule has 0 unspecified atom stereocenters. The van der Waals surface area contributed by atoms with E-state index in [-0.39, 0.29) is 0 Å². The molecule has 0 aliphatic rings. The summed E-state index contributed by atoms with van der Waals surface area (Å²) in [6, 6.07) is 23.5. The van der Waals surface area contributed by atoms with Gasteiger partial charge in [-0.2, -0.15) is 0 Å². The molecule has 41 heavy (non-hydrogen) atoms. The minimum atomic E-state index is 0.569. The second-order valence-electron chi connectivity index (χ2n) is 9.01. The van der Waals surface area contributed by atoms with Crippen LogP contribution in [0.1, 0.15) is 27.8 Å².